The zero-order chi connectivity index (χ0) is 6.85. The lowest BCUT2D eigenvalue weighted by atomic mass is 10.2. The highest BCUT2D eigenvalue weighted by molar-refractivity contribution is 6.99. The van der Waals surface area contributed by atoms with Crippen molar-refractivity contribution < 1.29 is 0 Å². The molecule has 0 saturated carbocycles. The second-order valence-corrected chi connectivity index (χ2v) is 2.51. The van der Waals surface area contributed by atoms with Crippen molar-refractivity contribution in [3.63, 3.8) is 0 Å². The molecule has 0 aromatic carbocycles. The zero-order valence-electron chi connectivity index (χ0n) is 5.51. The molecule has 0 aliphatic heterocycles. The first-order valence-corrected chi connectivity index (χ1v) is 3.40. The number of aryl methyl sites for hydroxylation is 1. The summed E-state index contributed by atoms with van der Waals surface area (Å²) in [6.45, 7) is 7.63. The van der Waals surface area contributed by atoms with Gasteiger partial charge in [-0.3, -0.25) is 0 Å². The lowest BCUT2D eigenvalue weighted by Gasteiger charge is -1.89. The predicted octanol–water partition coefficient (Wildman–Crippen LogP) is 1.88. The molecule has 0 fully saturated rings. The van der Waals surface area contributed by atoms with E-state index in [0.717, 1.165) is 17.0 Å². The molecule has 2 nitrogen and oxygen atoms in total. The van der Waals surface area contributed by atoms with Gasteiger partial charge in [0, 0.05) is 0 Å². The summed E-state index contributed by atoms with van der Waals surface area (Å²) in [6.07, 6.45) is 0. The third kappa shape index (κ3) is 1.16. The molecule has 0 N–H and O–H groups in total. The van der Waals surface area contributed by atoms with Gasteiger partial charge in [0.25, 0.3) is 0 Å². The van der Waals surface area contributed by atoms with Crippen LogP contribution in [-0.2, 0) is 0 Å². The fourth-order valence-electron chi connectivity index (χ4n) is 0.619. The molecule has 0 bridgehead atoms. The van der Waals surface area contributed by atoms with Gasteiger partial charge in [0.15, 0.2) is 0 Å². The average molecular weight is 140 g/mol. The van der Waals surface area contributed by atoms with Crippen molar-refractivity contribution in [2.75, 3.05) is 0 Å². The Kier molecular flexibility index (Phi) is 1.62. The molecule has 0 aliphatic carbocycles. The van der Waals surface area contributed by atoms with E-state index in [1.54, 1.807) is 0 Å². The van der Waals surface area contributed by atoms with Crippen molar-refractivity contribution >= 4 is 17.3 Å². The molecule has 3 heteroatoms. The van der Waals surface area contributed by atoms with Gasteiger partial charge in [0.1, 0.15) is 5.69 Å². The zero-order valence-corrected chi connectivity index (χ0v) is 6.33. The van der Waals surface area contributed by atoms with E-state index in [1.165, 1.54) is 11.7 Å². The van der Waals surface area contributed by atoms with E-state index < -0.39 is 0 Å². The second kappa shape index (κ2) is 2.27. The Hall–Kier alpha value is -0.700. The minimum Gasteiger partial charge on any atom is -0.178 e. The van der Waals surface area contributed by atoms with E-state index in [4.69, 9.17) is 0 Å². The first kappa shape index (κ1) is 6.42. The van der Waals surface area contributed by atoms with Gasteiger partial charge in [-0.05, 0) is 19.4 Å². The van der Waals surface area contributed by atoms with E-state index in [9.17, 15) is 0 Å². The molecule has 0 radical (unpaired) electrons. The lowest BCUT2D eigenvalue weighted by molar-refractivity contribution is 1.28. The number of hydrogen-bond donors (Lipinski definition) is 0. The van der Waals surface area contributed by atoms with Gasteiger partial charge < -0.3 is 0 Å². The first-order valence-electron chi connectivity index (χ1n) is 2.67. The van der Waals surface area contributed by atoms with E-state index in [2.05, 4.69) is 15.3 Å². The molecule has 1 aromatic heterocycles. The summed E-state index contributed by atoms with van der Waals surface area (Å²) < 4.78 is 8.05. The minimum absolute atomic E-state index is 0.944. The Balaban J connectivity index is 3.08. The second-order valence-electron chi connectivity index (χ2n) is 1.98. The van der Waals surface area contributed by atoms with E-state index in [1.807, 2.05) is 13.8 Å². The van der Waals surface area contributed by atoms with Crippen LogP contribution >= 0.6 is 11.7 Å². The van der Waals surface area contributed by atoms with Gasteiger partial charge in [0.05, 0.1) is 17.4 Å². The maximum absolute atomic E-state index is 4.05. The van der Waals surface area contributed by atoms with E-state index >= 15 is 0 Å². The molecular formula is C6H8N2S. The minimum atomic E-state index is 0.944. The van der Waals surface area contributed by atoms with Gasteiger partial charge in [-0.2, -0.15) is 8.75 Å². The van der Waals surface area contributed by atoms with Gasteiger partial charge in [-0.25, -0.2) is 0 Å². The average Bonchev–Trinajstić information content (AvgIpc) is 2.13. The fraction of sp³-hybridized carbons (Fsp3) is 0.333. The fourth-order valence-corrected chi connectivity index (χ4v) is 1.24. The van der Waals surface area contributed by atoms with Crippen LogP contribution in [0.25, 0.3) is 5.57 Å². The van der Waals surface area contributed by atoms with Crippen molar-refractivity contribution in [2.24, 2.45) is 0 Å². The van der Waals surface area contributed by atoms with Gasteiger partial charge >= 0.3 is 0 Å². The highest BCUT2D eigenvalue weighted by Gasteiger charge is 2.00. The van der Waals surface area contributed by atoms with Crippen LogP contribution in [0.15, 0.2) is 6.58 Å². The monoisotopic (exact) mass is 140 g/mol. The predicted molar refractivity (Wildman–Crippen MR) is 39.4 cm³/mol. The molecule has 0 unspecified atom stereocenters. The molecule has 48 valence electrons. The van der Waals surface area contributed by atoms with Crippen LogP contribution < -0.4 is 0 Å². The summed E-state index contributed by atoms with van der Waals surface area (Å²) in [6, 6.07) is 0. The maximum Gasteiger partial charge on any atom is 0.102 e. The third-order valence-corrected chi connectivity index (χ3v) is 1.68. The highest BCUT2D eigenvalue weighted by atomic mass is 32.1. The summed E-state index contributed by atoms with van der Waals surface area (Å²) in [4.78, 5) is 0. The first-order chi connectivity index (χ1) is 4.22. The Bertz CT molecular complexity index is 227. The van der Waals surface area contributed by atoms with Crippen molar-refractivity contribution in [2.45, 2.75) is 13.8 Å². The van der Waals surface area contributed by atoms with Crippen LogP contribution in [0.5, 0.6) is 0 Å². The normalized spacial score (nSPS) is 9.56. The molecular weight excluding hydrogens is 132 g/mol. The summed E-state index contributed by atoms with van der Waals surface area (Å²) in [5.74, 6) is 0. The third-order valence-electron chi connectivity index (χ3n) is 1.06. The van der Waals surface area contributed by atoms with Crippen LogP contribution in [0.1, 0.15) is 18.3 Å². The number of rotatable bonds is 1. The molecule has 0 spiro atoms. The van der Waals surface area contributed by atoms with Crippen molar-refractivity contribution in [1.82, 2.24) is 8.75 Å². The smallest absolute Gasteiger partial charge is 0.102 e. The Morgan fingerprint density at radius 2 is 2.22 bits per heavy atom. The van der Waals surface area contributed by atoms with Gasteiger partial charge in [-0.15, -0.1) is 0 Å². The number of hydrogen-bond acceptors (Lipinski definition) is 3. The van der Waals surface area contributed by atoms with Crippen LogP contribution in [0.3, 0.4) is 0 Å². The number of allylic oxidation sites excluding steroid dienone is 1. The molecule has 0 saturated heterocycles. The summed E-state index contributed by atoms with van der Waals surface area (Å²) in [5.41, 5.74) is 2.91. The lowest BCUT2D eigenvalue weighted by Crippen LogP contribution is -1.80. The standard InChI is InChI=1S/C6H8N2S/c1-4(2)6-5(3)7-9-8-6/h1H2,2-3H3. The maximum atomic E-state index is 4.05. The number of nitrogens with zero attached hydrogens (tertiary/aromatic N) is 2. The van der Waals surface area contributed by atoms with Crippen LogP contribution in [0, 0.1) is 6.92 Å². The Morgan fingerprint density at radius 3 is 2.44 bits per heavy atom. The summed E-state index contributed by atoms with van der Waals surface area (Å²) in [5, 5.41) is 0. The molecule has 1 aromatic rings. The largest absolute Gasteiger partial charge is 0.178 e. The summed E-state index contributed by atoms with van der Waals surface area (Å²) >= 11 is 1.23. The quantitative estimate of drug-likeness (QED) is 0.595. The molecule has 0 amide bonds. The molecule has 0 aliphatic rings. The van der Waals surface area contributed by atoms with Crippen molar-refractivity contribution in [3.8, 4) is 0 Å². The molecule has 9 heavy (non-hydrogen) atoms. The Morgan fingerprint density at radius 1 is 1.56 bits per heavy atom. The van der Waals surface area contributed by atoms with Gasteiger partial charge in [-0.1, -0.05) is 6.58 Å². The summed E-state index contributed by atoms with van der Waals surface area (Å²) in [7, 11) is 0. The molecule has 0 atom stereocenters. The van der Waals surface area contributed by atoms with Crippen LogP contribution in [0.2, 0.25) is 0 Å². The van der Waals surface area contributed by atoms with Gasteiger partial charge in [0.2, 0.25) is 0 Å². The van der Waals surface area contributed by atoms with E-state index in [0.29, 0.717) is 0 Å². The topological polar surface area (TPSA) is 25.8 Å². The van der Waals surface area contributed by atoms with Crippen molar-refractivity contribution in [3.05, 3.63) is 18.0 Å². The van der Waals surface area contributed by atoms with E-state index in [-0.39, 0.29) is 0 Å². The molecule has 1 heterocycles. The van der Waals surface area contributed by atoms with Crippen LogP contribution in [-0.4, -0.2) is 8.75 Å². The van der Waals surface area contributed by atoms with Crippen LogP contribution in [0.4, 0.5) is 0 Å². The SMILES string of the molecule is C=C(C)c1nsnc1C. The highest BCUT2D eigenvalue weighted by Crippen LogP contribution is 2.12. The molecule has 1 rings (SSSR count). The number of aromatic nitrogens is 2. The Labute approximate surface area is 58.6 Å². The van der Waals surface area contributed by atoms with Crippen molar-refractivity contribution in [1.29, 1.82) is 0 Å².